The van der Waals surface area contributed by atoms with Crippen LogP contribution in [-0.4, -0.2) is 30.3 Å². The number of carboxylic acid groups (broad SMARTS) is 1. The molecule has 0 fully saturated rings. The highest BCUT2D eigenvalue weighted by Gasteiger charge is 2.05. The van der Waals surface area contributed by atoms with Gasteiger partial charge in [0.25, 0.3) is 0 Å². The molecule has 0 atom stereocenters. The average Bonchev–Trinajstić information content (AvgIpc) is 2.09. The summed E-state index contributed by atoms with van der Waals surface area (Å²) < 4.78 is 9.30. The molecule has 0 rings (SSSR count). The van der Waals surface area contributed by atoms with E-state index in [1.54, 1.807) is 0 Å². The third-order valence-electron chi connectivity index (χ3n) is 1.13. The van der Waals surface area contributed by atoms with Gasteiger partial charge in [0.2, 0.25) is 0 Å². The van der Waals surface area contributed by atoms with E-state index >= 15 is 0 Å². The second-order valence-electron chi connectivity index (χ2n) is 2.15. The van der Waals surface area contributed by atoms with Crippen LogP contribution in [0, 0.1) is 0 Å². The van der Waals surface area contributed by atoms with Crippen molar-refractivity contribution in [3.63, 3.8) is 0 Å². The molecule has 0 aromatic carbocycles. The molecule has 0 unspecified atom stereocenters. The number of carbonyl (C=O) groups is 2. The van der Waals surface area contributed by atoms with Crippen LogP contribution in [0.1, 0.15) is 12.8 Å². The maximum atomic E-state index is 10.7. The summed E-state index contributed by atoms with van der Waals surface area (Å²) in [5.74, 6) is -1.55. The number of carboxylic acids is 1. The Hall–Kier alpha value is -1.52. The summed E-state index contributed by atoms with van der Waals surface area (Å²) in [6.07, 6.45) is 0.926. The van der Waals surface area contributed by atoms with E-state index in [1.165, 1.54) is 6.26 Å². The minimum absolute atomic E-state index is 0.108. The molecule has 74 valence electrons. The molecule has 0 radical (unpaired) electrons. The van der Waals surface area contributed by atoms with E-state index in [4.69, 9.17) is 5.11 Å². The van der Waals surface area contributed by atoms with Crippen LogP contribution < -0.4 is 0 Å². The van der Waals surface area contributed by atoms with Gasteiger partial charge < -0.3 is 14.6 Å². The van der Waals surface area contributed by atoms with Crippen molar-refractivity contribution < 1.29 is 24.2 Å². The summed E-state index contributed by atoms with van der Waals surface area (Å²) in [4.78, 5) is 20.8. The van der Waals surface area contributed by atoms with Gasteiger partial charge in [0.15, 0.2) is 0 Å². The Labute approximate surface area is 75.9 Å². The SMILES string of the molecule is C=COCCOC(=O)CCC(=O)O. The van der Waals surface area contributed by atoms with Gasteiger partial charge in [0.1, 0.15) is 13.2 Å². The topological polar surface area (TPSA) is 72.8 Å². The summed E-state index contributed by atoms with van der Waals surface area (Å²) in [7, 11) is 0. The van der Waals surface area contributed by atoms with Crippen LogP contribution in [0.15, 0.2) is 12.8 Å². The van der Waals surface area contributed by atoms with Gasteiger partial charge in [-0.25, -0.2) is 0 Å². The lowest BCUT2D eigenvalue weighted by Gasteiger charge is -2.02. The summed E-state index contributed by atoms with van der Waals surface area (Å²) in [5.41, 5.74) is 0. The van der Waals surface area contributed by atoms with Gasteiger partial charge >= 0.3 is 11.9 Å². The molecule has 1 N–H and O–H groups in total. The van der Waals surface area contributed by atoms with Gasteiger partial charge in [-0.15, -0.1) is 0 Å². The monoisotopic (exact) mass is 188 g/mol. The molecule has 0 aromatic rings. The van der Waals surface area contributed by atoms with E-state index in [0.29, 0.717) is 0 Å². The van der Waals surface area contributed by atoms with Crippen LogP contribution in [0.5, 0.6) is 0 Å². The Balaban J connectivity index is 3.30. The predicted molar refractivity (Wildman–Crippen MR) is 44.0 cm³/mol. The van der Waals surface area contributed by atoms with E-state index in [2.05, 4.69) is 16.1 Å². The van der Waals surface area contributed by atoms with Crippen LogP contribution >= 0.6 is 0 Å². The van der Waals surface area contributed by atoms with Crippen molar-refractivity contribution in [2.75, 3.05) is 13.2 Å². The van der Waals surface area contributed by atoms with E-state index < -0.39 is 11.9 Å². The number of rotatable bonds is 7. The van der Waals surface area contributed by atoms with Crippen LogP contribution in [-0.2, 0) is 19.1 Å². The van der Waals surface area contributed by atoms with E-state index in [0.717, 1.165) is 0 Å². The number of aliphatic carboxylic acids is 1. The standard InChI is InChI=1S/C8H12O5/c1-2-12-5-6-13-8(11)4-3-7(9)10/h2H,1,3-6H2,(H,9,10). The Morgan fingerprint density at radius 2 is 2.00 bits per heavy atom. The third kappa shape index (κ3) is 8.39. The van der Waals surface area contributed by atoms with Crippen LogP contribution in [0.25, 0.3) is 0 Å². The lowest BCUT2D eigenvalue weighted by Crippen LogP contribution is -2.10. The third-order valence-corrected chi connectivity index (χ3v) is 1.13. The van der Waals surface area contributed by atoms with Crippen LogP contribution in [0.2, 0.25) is 0 Å². The van der Waals surface area contributed by atoms with E-state index in [1.807, 2.05) is 0 Å². The first-order chi connectivity index (χ1) is 6.16. The average molecular weight is 188 g/mol. The molecule has 0 saturated heterocycles. The number of hydrogen-bond donors (Lipinski definition) is 1. The molecule has 0 aromatic heterocycles. The lowest BCUT2D eigenvalue weighted by molar-refractivity contribution is -0.148. The fourth-order valence-electron chi connectivity index (χ4n) is 0.568. The molecular weight excluding hydrogens is 176 g/mol. The molecule has 0 heterocycles. The molecular formula is C8H12O5. The number of esters is 1. The number of hydrogen-bond acceptors (Lipinski definition) is 4. The normalized spacial score (nSPS) is 8.92. The molecule has 0 bridgehead atoms. The zero-order valence-corrected chi connectivity index (χ0v) is 7.19. The summed E-state index contributed by atoms with van der Waals surface area (Å²) in [5, 5.41) is 8.23. The quantitative estimate of drug-likeness (QED) is 0.359. The number of ether oxygens (including phenoxy) is 2. The van der Waals surface area contributed by atoms with Gasteiger partial charge in [0, 0.05) is 0 Å². The zero-order valence-electron chi connectivity index (χ0n) is 7.19. The predicted octanol–water partition coefficient (Wildman–Crippen LogP) is 0.554. The van der Waals surface area contributed by atoms with Gasteiger partial charge in [-0.1, -0.05) is 6.58 Å². The van der Waals surface area contributed by atoms with Crippen molar-refractivity contribution in [1.29, 1.82) is 0 Å². The molecule has 0 aliphatic heterocycles. The highest BCUT2D eigenvalue weighted by molar-refractivity contribution is 5.76. The smallest absolute Gasteiger partial charge is 0.306 e. The molecule has 5 nitrogen and oxygen atoms in total. The minimum Gasteiger partial charge on any atom is -0.498 e. The van der Waals surface area contributed by atoms with Gasteiger partial charge in [-0.05, 0) is 0 Å². The first-order valence-electron chi connectivity index (χ1n) is 3.76. The van der Waals surface area contributed by atoms with Crippen molar-refractivity contribution in [2.45, 2.75) is 12.8 Å². The fraction of sp³-hybridized carbons (Fsp3) is 0.500. The Morgan fingerprint density at radius 3 is 2.54 bits per heavy atom. The first kappa shape index (κ1) is 11.5. The molecule has 13 heavy (non-hydrogen) atoms. The second kappa shape index (κ2) is 7.15. The summed E-state index contributed by atoms with van der Waals surface area (Å²) >= 11 is 0. The highest BCUT2D eigenvalue weighted by Crippen LogP contribution is 1.92. The second-order valence-corrected chi connectivity index (χ2v) is 2.15. The van der Waals surface area contributed by atoms with Gasteiger partial charge in [-0.3, -0.25) is 9.59 Å². The Morgan fingerprint density at radius 1 is 1.31 bits per heavy atom. The minimum atomic E-state index is -1.01. The van der Waals surface area contributed by atoms with Crippen molar-refractivity contribution in [1.82, 2.24) is 0 Å². The number of carbonyl (C=O) groups excluding carboxylic acids is 1. The molecule has 0 aliphatic rings. The molecule has 0 amide bonds. The van der Waals surface area contributed by atoms with Crippen molar-refractivity contribution >= 4 is 11.9 Å². The van der Waals surface area contributed by atoms with Gasteiger partial charge in [-0.2, -0.15) is 0 Å². The molecule has 0 saturated carbocycles. The Kier molecular flexibility index (Phi) is 6.31. The highest BCUT2D eigenvalue weighted by atomic mass is 16.6. The van der Waals surface area contributed by atoms with E-state index in [-0.39, 0.29) is 26.1 Å². The van der Waals surface area contributed by atoms with Crippen LogP contribution in [0.3, 0.4) is 0 Å². The summed E-state index contributed by atoms with van der Waals surface area (Å²) in [6.45, 7) is 3.65. The first-order valence-corrected chi connectivity index (χ1v) is 3.76. The van der Waals surface area contributed by atoms with Gasteiger partial charge in [0.05, 0.1) is 19.1 Å². The maximum absolute atomic E-state index is 10.7. The van der Waals surface area contributed by atoms with Crippen LogP contribution in [0.4, 0.5) is 0 Å². The molecule has 0 aliphatic carbocycles. The van der Waals surface area contributed by atoms with Crippen molar-refractivity contribution in [2.24, 2.45) is 0 Å². The maximum Gasteiger partial charge on any atom is 0.306 e. The summed E-state index contributed by atoms with van der Waals surface area (Å²) in [6, 6.07) is 0. The molecule has 5 heteroatoms. The lowest BCUT2D eigenvalue weighted by atomic mass is 10.3. The van der Waals surface area contributed by atoms with Crippen molar-refractivity contribution in [3.8, 4) is 0 Å². The fourth-order valence-corrected chi connectivity index (χ4v) is 0.568. The zero-order chi connectivity index (χ0) is 10.1. The van der Waals surface area contributed by atoms with Crippen molar-refractivity contribution in [3.05, 3.63) is 12.8 Å². The van der Waals surface area contributed by atoms with E-state index in [9.17, 15) is 9.59 Å². The Bertz CT molecular complexity index is 187. The largest absolute Gasteiger partial charge is 0.498 e. The molecule has 0 spiro atoms.